The average molecular weight is 519 g/mol. The van der Waals surface area contributed by atoms with Gasteiger partial charge in [-0.2, -0.15) is 36.5 Å². The zero-order valence-electron chi connectivity index (χ0n) is 18.6. The summed E-state index contributed by atoms with van der Waals surface area (Å²) in [6.07, 6.45) is -4.67. The standard InChI is InChI=1S/C25H16F7N5/c26-19-4-2-1-3-17(19)23-33-21-9-10-37(13-22(21)34-23)12-15-6-8-20(36-35-15)16-7-5-14(24(27,28)29)11-18(16)25(30,31)32/h1-11,13,21H,12H2,(H,33,34). The van der Waals surface area contributed by atoms with Crippen LogP contribution in [0.25, 0.3) is 11.3 Å². The van der Waals surface area contributed by atoms with Crippen LogP contribution >= 0.6 is 0 Å². The number of nitrogens with one attached hydrogen (secondary N) is 1. The molecule has 0 saturated heterocycles. The van der Waals surface area contributed by atoms with E-state index in [4.69, 9.17) is 0 Å². The van der Waals surface area contributed by atoms with Crippen LogP contribution in [-0.4, -0.2) is 27.0 Å². The predicted molar refractivity (Wildman–Crippen MR) is 120 cm³/mol. The van der Waals surface area contributed by atoms with Crippen molar-refractivity contribution in [2.24, 2.45) is 4.99 Å². The van der Waals surface area contributed by atoms with Crippen molar-refractivity contribution in [1.82, 2.24) is 20.4 Å². The fourth-order valence-electron chi connectivity index (χ4n) is 3.96. The van der Waals surface area contributed by atoms with E-state index in [0.717, 1.165) is 6.07 Å². The van der Waals surface area contributed by atoms with Gasteiger partial charge in [0.15, 0.2) is 0 Å². The molecule has 2 aliphatic heterocycles. The number of rotatable bonds is 4. The Morgan fingerprint density at radius 3 is 2.32 bits per heavy atom. The molecule has 0 saturated carbocycles. The summed E-state index contributed by atoms with van der Waals surface area (Å²) >= 11 is 0. The summed E-state index contributed by atoms with van der Waals surface area (Å²) in [5.74, 6) is -0.0204. The molecule has 0 amide bonds. The molecule has 1 N–H and O–H groups in total. The third-order valence-corrected chi connectivity index (χ3v) is 5.74. The van der Waals surface area contributed by atoms with Crippen LogP contribution in [0.5, 0.6) is 0 Å². The highest BCUT2D eigenvalue weighted by Crippen LogP contribution is 2.40. The van der Waals surface area contributed by atoms with Gasteiger partial charge in [0.05, 0.1) is 40.3 Å². The lowest BCUT2D eigenvalue weighted by atomic mass is 10.00. The second-order valence-corrected chi connectivity index (χ2v) is 8.29. The van der Waals surface area contributed by atoms with Gasteiger partial charge >= 0.3 is 12.4 Å². The van der Waals surface area contributed by atoms with Crippen molar-refractivity contribution in [2.75, 3.05) is 0 Å². The van der Waals surface area contributed by atoms with Crippen molar-refractivity contribution >= 4 is 5.84 Å². The first-order valence-electron chi connectivity index (χ1n) is 10.9. The van der Waals surface area contributed by atoms with E-state index >= 15 is 0 Å². The van der Waals surface area contributed by atoms with Gasteiger partial charge in [0.2, 0.25) is 0 Å². The first-order chi connectivity index (χ1) is 17.5. The quantitative estimate of drug-likeness (QED) is 0.436. The summed E-state index contributed by atoms with van der Waals surface area (Å²) < 4.78 is 93.4. The van der Waals surface area contributed by atoms with Gasteiger partial charge in [-0.25, -0.2) is 4.39 Å². The van der Waals surface area contributed by atoms with E-state index in [1.807, 2.05) is 0 Å². The monoisotopic (exact) mass is 519 g/mol. The van der Waals surface area contributed by atoms with E-state index in [0.29, 0.717) is 28.9 Å². The Morgan fingerprint density at radius 1 is 0.865 bits per heavy atom. The number of amidine groups is 1. The van der Waals surface area contributed by atoms with Gasteiger partial charge in [-0.15, -0.1) is 0 Å². The number of halogens is 7. The van der Waals surface area contributed by atoms with Crippen LogP contribution in [0.1, 0.15) is 22.4 Å². The van der Waals surface area contributed by atoms with Gasteiger partial charge in [-0.05, 0) is 42.5 Å². The molecule has 5 rings (SSSR count). The Hall–Kier alpha value is -4.22. The molecule has 0 radical (unpaired) electrons. The first-order valence-corrected chi connectivity index (χ1v) is 10.9. The first kappa shape index (κ1) is 24.5. The summed E-state index contributed by atoms with van der Waals surface area (Å²) in [5.41, 5.74) is -2.13. The minimum Gasteiger partial charge on any atom is -0.347 e. The second-order valence-electron chi connectivity index (χ2n) is 8.29. The third-order valence-electron chi connectivity index (χ3n) is 5.74. The van der Waals surface area contributed by atoms with E-state index < -0.39 is 34.9 Å². The largest absolute Gasteiger partial charge is 0.417 e. The van der Waals surface area contributed by atoms with Gasteiger partial charge in [-0.3, -0.25) is 4.99 Å². The van der Waals surface area contributed by atoms with Crippen LogP contribution in [0.15, 0.2) is 83.8 Å². The maximum atomic E-state index is 14.1. The average Bonchev–Trinajstić information content (AvgIpc) is 3.26. The van der Waals surface area contributed by atoms with Crippen LogP contribution in [0.3, 0.4) is 0 Å². The van der Waals surface area contributed by atoms with Crippen LogP contribution < -0.4 is 5.32 Å². The summed E-state index contributed by atoms with van der Waals surface area (Å²) in [5, 5.41) is 10.9. The molecule has 0 bridgehead atoms. The van der Waals surface area contributed by atoms with Crippen LogP contribution in [0.2, 0.25) is 0 Å². The zero-order chi connectivity index (χ0) is 26.4. The van der Waals surface area contributed by atoms with Crippen molar-refractivity contribution in [3.05, 3.63) is 107 Å². The van der Waals surface area contributed by atoms with Gasteiger partial charge in [-0.1, -0.05) is 18.2 Å². The molecule has 2 aliphatic rings. The highest BCUT2D eigenvalue weighted by Gasteiger charge is 2.38. The van der Waals surface area contributed by atoms with Gasteiger partial charge < -0.3 is 10.2 Å². The van der Waals surface area contributed by atoms with Crippen LogP contribution in [0.4, 0.5) is 30.7 Å². The molecule has 0 aliphatic carbocycles. The molecular formula is C25H16F7N5. The van der Waals surface area contributed by atoms with Crippen LogP contribution in [0, 0.1) is 5.82 Å². The lowest BCUT2D eigenvalue weighted by Gasteiger charge is -2.22. The van der Waals surface area contributed by atoms with Crippen molar-refractivity contribution in [1.29, 1.82) is 0 Å². The Kier molecular flexibility index (Phi) is 5.97. The molecule has 12 heteroatoms. The van der Waals surface area contributed by atoms with E-state index in [2.05, 4.69) is 20.5 Å². The van der Waals surface area contributed by atoms with E-state index in [9.17, 15) is 30.7 Å². The number of hydrogen-bond donors (Lipinski definition) is 1. The number of hydrogen-bond acceptors (Lipinski definition) is 5. The second kappa shape index (κ2) is 9.02. The molecule has 3 heterocycles. The highest BCUT2D eigenvalue weighted by molar-refractivity contribution is 6.02. The number of fused-ring (bicyclic) bond motifs is 1. The van der Waals surface area contributed by atoms with Crippen molar-refractivity contribution < 1.29 is 30.7 Å². The molecule has 0 spiro atoms. The number of aliphatic imine (C=N–C) groups is 1. The molecule has 37 heavy (non-hydrogen) atoms. The number of benzene rings is 2. The zero-order valence-corrected chi connectivity index (χ0v) is 18.6. The van der Waals surface area contributed by atoms with Crippen LogP contribution in [-0.2, 0) is 18.9 Å². The molecule has 1 aromatic heterocycles. The third kappa shape index (κ3) is 5.04. The molecule has 5 nitrogen and oxygen atoms in total. The van der Waals surface area contributed by atoms with E-state index in [1.165, 1.54) is 18.2 Å². The molecule has 0 fully saturated rings. The molecule has 1 unspecified atom stereocenters. The topological polar surface area (TPSA) is 53.4 Å². The highest BCUT2D eigenvalue weighted by atomic mass is 19.4. The fourth-order valence-corrected chi connectivity index (χ4v) is 3.96. The van der Waals surface area contributed by atoms with Crippen molar-refractivity contribution in [3.63, 3.8) is 0 Å². The lowest BCUT2D eigenvalue weighted by molar-refractivity contribution is -0.142. The fraction of sp³-hybridized carbons (Fsp3) is 0.160. The SMILES string of the molecule is Fc1ccccc1C1=NC2C=CN(Cc3ccc(-c4ccc(C(F)(F)F)cc4C(F)(F)F)nn3)C=C2N1. The molecule has 3 aromatic rings. The maximum absolute atomic E-state index is 14.1. The Morgan fingerprint density at radius 2 is 1.65 bits per heavy atom. The maximum Gasteiger partial charge on any atom is 0.417 e. The Balaban J connectivity index is 1.33. The Labute approximate surface area is 205 Å². The lowest BCUT2D eigenvalue weighted by Crippen LogP contribution is -2.25. The number of alkyl halides is 6. The summed E-state index contributed by atoms with van der Waals surface area (Å²) in [7, 11) is 0. The van der Waals surface area contributed by atoms with Gasteiger partial charge in [0.25, 0.3) is 0 Å². The van der Waals surface area contributed by atoms with Crippen molar-refractivity contribution in [2.45, 2.75) is 24.9 Å². The predicted octanol–water partition coefficient (Wildman–Crippen LogP) is 5.91. The van der Waals surface area contributed by atoms with E-state index in [-0.39, 0.29) is 24.3 Å². The minimum atomic E-state index is -5.02. The normalized spacial score (nSPS) is 17.3. The molecule has 190 valence electrons. The molecule has 1 atom stereocenters. The molecule has 2 aromatic carbocycles. The smallest absolute Gasteiger partial charge is 0.347 e. The summed E-state index contributed by atoms with van der Waals surface area (Å²) in [6.45, 7) is 0.204. The van der Waals surface area contributed by atoms with Gasteiger partial charge in [0.1, 0.15) is 17.7 Å². The van der Waals surface area contributed by atoms with E-state index in [1.54, 1.807) is 41.6 Å². The van der Waals surface area contributed by atoms with Crippen molar-refractivity contribution in [3.8, 4) is 11.3 Å². The number of aromatic nitrogens is 2. The summed E-state index contributed by atoms with van der Waals surface area (Å²) in [6, 6.07) is 10.0. The number of nitrogens with zero attached hydrogens (tertiary/aromatic N) is 4. The summed E-state index contributed by atoms with van der Waals surface area (Å²) in [4.78, 5) is 6.21. The Bertz CT molecular complexity index is 1420. The molecular weight excluding hydrogens is 503 g/mol. The van der Waals surface area contributed by atoms with Gasteiger partial charge in [0, 0.05) is 18.0 Å². The minimum absolute atomic E-state index is 0.0678.